The lowest BCUT2D eigenvalue weighted by Crippen LogP contribution is -2.23. The molecular formula is C16H20N2O. The topological polar surface area (TPSA) is 45.1 Å². The van der Waals surface area contributed by atoms with Crippen LogP contribution >= 0.6 is 0 Å². The molecule has 1 unspecified atom stereocenters. The first-order valence-corrected chi connectivity index (χ1v) is 6.62. The Morgan fingerprint density at radius 3 is 2.84 bits per heavy atom. The average molecular weight is 256 g/mol. The molecule has 1 heterocycles. The number of hydrogen-bond acceptors (Lipinski definition) is 3. The minimum absolute atomic E-state index is 0.245. The molecule has 2 aromatic rings. The summed E-state index contributed by atoms with van der Waals surface area (Å²) in [6, 6.07) is 9.75. The summed E-state index contributed by atoms with van der Waals surface area (Å²) in [4.78, 5) is 4.14. The molecule has 1 aromatic carbocycles. The maximum Gasteiger partial charge on any atom is 0.115 e. The maximum absolute atomic E-state index is 9.55. The standard InChI is InChI=1S/C16H20N2O/c1-3-18-16(15-7-8-17-11-12(15)2)10-13-5-4-6-14(19)9-13/h4-9,11,16,18-19H,3,10H2,1-2H3. The molecule has 100 valence electrons. The zero-order valence-corrected chi connectivity index (χ0v) is 11.4. The van der Waals surface area contributed by atoms with Gasteiger partial charge in [0.2, 0.25) is 0 Å². The number of likely N-dealkylation sites (N-methyl/N-ethyl adjacent to an activating group) is 1. The van der Waals surface area contributed by atoms with Crippen LogP contribution in [0.3, 0.4) is 0 Å². The molecule has 0 saturated heterocycles. The van der Waals surface area contributed by atoms with Crippen molar-refractivity contribution < 1.29 is 5.11 Å². The Morgan fingerprint density at radius 1 is 1.32 bits per heavy atom. The maximum atomic E-state index is 9.55. The largest absolute Gasteiger partial charge is 0.508 e. The van der Waals surface area contributed by atoms with Crippen LogP contribution in [0, 0.1) is 6.92 Å². The fourth-order valence-corrected chi connectivity index (χ4v) is 2.33. The molecule has 0 amide bonds. The second-order valence-corrected chi connectivity index (χ2v) is 4.72. The molecule has 0 aliphatic rings. The molecule has 1 atom stereocenters. The van der Waals surface area contributed by atoms with Crippen molar-refractivity contribution >= 4 is 0 Å². The summed E-state index contributed by atoms with van der Waals surface area (Å²) in [6.45, 7) is 5.09. The number of nitrogens with zero attached hydrogens (tertiary/aromatic N) is 1. The molecule has 0 aliphatic heterocycles. The second-order valence-electron chi connectivity index (χ2n) is 4.72. The summed E-state index contributed by atoms with van der Waals surface area (Å²) in [5.41, 5.74) is 3.58. The van der Waals surface area contributed by atoms with Crippen LogP contribution in [0.15, 0.2) is 42.7 Å². The smallest absolute Gasteiger partial charge is 0.115 e. The Morgan fingerprint density at radius 2 is 2.16 bits per heavy atom. The van der Waals surface area contributed by atoms with E-state index >= 15 is 0 Å². The van der Waals surface area contributed by atoms with Crippen molar-refractivity contribution in [2.24, 2.45) is 0 Å². The fraction of sp³-hybridized carbons (Fsp3) is 0.312. The lowest BCUT2D eigenvalue weighted by Gasteiger charge is -2.20. The van der Waals surface area contributed by atoms with E-state index in [0.717, 1.165) is 18.5 Å². The van der Waals surface area contributed by atoms with Gasteiger partial charge >= 0.3 is 0 Å². The number of nitrogens with one attached hydrogen (secondary N) is 1. The van der Waals surface area contributed by atoms with Crippen molar-refractivity contribution in [2.45, 2.75) is 26.3 Å². The third-order valence-electron chi connectivity index (χ3n) is 3.24. The van der Waals surface area contributed by atoms with E-state index in [9.17, 15) is 5.11 Å². The number of benzene rings is 1. The predicted octanol–water partition coefficient (Wildman–Crippen LogP) is 2.99. The van der Waals surface area contributed by atoms with E-state index < -0.39 is 0 Å². The zero-order chi connectivity index (χ0) is 13.7. The van der Waals surface area contributed by atoms with Gasteiger partial charge in [-0.2, -0.15) is 0 Å². The van der Waals surface area contributed by atoms with Crippen LogP contribution in [0.4, 0.5) is 0 Å². The van der Waals surface area contributed by atoms with E-state index in [2.05, 4.69) is 30.2 Å². The van der Waals surface area contributed by atoms with E-state index in [1.54, 1.807) is 6.07 Å². The third-order valence-corrected chi connectivity index (χ3v) is 3.24. The predicted molar refractivity (Wildman–Crippen MR) is 77.2 cm³/mol. The van der Waals surface area contributed by atoms with E-state index in [-0.39, 0.29) is 6.04 Å². The van der Waals surface area contributed by atoms with Crippen molar-refractivity contribution in [2.75, 3.05) is 6.54 Å². The Hall–Kier alpha value is -1.87. The van der Waals surface area contributed by atoms with E-state index in [0.29, 0.717) is 5.75 Å². The monoisotopic (exact) mass is 256 g/mol. The van der Waals surface area contributed by atoms with Crippen molar-refractivity contribution in [1.29, 1.82) is 0 Å². The number of phenolic OH excluding ortho intramolecular Hbond substituents is 1. The van der Waals surface area contributed by atoms with Crippen LogP contribution in [0.5, 0.6) is 5.75 Å². The highest BCUT2D eigenvalue weighted by Gasteiger charge is 2.13. The van der Waals surface area contributed by atoms with Crippen molar-refractivity contribution in [3.05, 3.63) is 59.4 Å². The van der Waals surface area contributed by atoms with Gasteiger partial charge in [-0.25, -0.2) is 0 Å². The highest BCUT2D eigenvalue weighted by molar-refractivity contribution is 5.31. The van der Waals surface area contributed by atoms with Crippen molar-refractivity contribution in [3.8, 4) is 5.75 Å². The molecule has 3 nitrogen and oxygen atoms in total. The van der Waals surface area contributed by atoms with Gasteiger partial charge in [0.05, 0.1) is 0 Å². The van der Waals surface area contributed by atoms with Crippen LogP contribution in [0.2, 0.25) is 0 Å². The number of aryl methyl sites for hydroxylation is 1. The number of hydrogen-bond donors (Lipinski definition) is 2. The van der Waals surface area contributed by atoms with Gasteiger partial charge < -0.3 is 10.4 Å². The highest BCUT2D eigenvalue weighted by Crippen LogP contribution is 2.22. The molecular weight excluding hydrogens is 236 g/mol. The summed E-state index contributed by atoms with van der Waals surface area (Å²) in [7, 11) is 0. The molecule has 0 spiro atoms. The van der Waals surface area contributed by atoms with Crippen LogP contribution < -0.4 is 5.32 Å². The van der Waals surface area contributed by atoms with Crippen LogP contribution in [-0.2, 0) is 6.42 Å². The van der Waals surface area contributed by atoms with Gasteiger partial charge in [-0.3, -0.25) is 4.98 Å². The number of phenols is 1. The molecule has 3 heteroatoms. The quantitative estimate of drug-likeness (QED) is 0.864. The number of aromatic nitrogens is 1. The van der Waals surface area contributed by atoms with Gasteiger partial charge in [-0.1, -0.05) is 19.1 Å². The van der Waals surface area contributed by atoms with Gasteiger partial charge in [-0.15, -0.1) is 0 Å². The lowest BCUT2D eigenvalue weighted by atomic mass is 9.96. The summed E-state index contributed by atoms with van der Waals surface area (Å²) in [6.07, 6.45) is 4.57. The molecule has 1 aromatic heterocycles. The molecule has 0 radical (unpaired) electrons. The van der Waals surface area contributed by atoms with Gasteiger partial charge in [0.1, 0.15) is 5.75 Å². The minimum Gasteiger partial charge on any atom is -0.508 e. The highest BCUT2D eigenvalue weighted by atomic mass is 16.3. The Balaban J connectivity index is 2.24. The average Bonchev–Trinajstić information content (AvgIpc) is 2.39. The Labute approximate surface area is 114 Å². The number of pyridine rings is 1. The molecule has 0 bridgehead atoms. The van der Waals surface area contributed by atoms with Gasteiger partial charge in [0.15, 0.2) is 0 Å². The molecule has 2 N–H and O–H groups in total. The van der Waals surface area contributed by atoms with Gasteiger partial charge in [0, 0.05) is 18.4 Å². The first-order valence-electron chi connectivity index (χ1n) is 6.62. The first kappa shape index (κ1) is 13.6. The lowest BCUT2D eigenvalue weighted by molar-refractivity contribution is 0.473. The van der Waals surface area contributed by atoms with E-state index in [1.807, 2.05) is 30.6 Å². The fourth-order valence-electron chi connectivity index (χ4n) is 2.33. The SMILES string of the molecule is CCNC(Cc1cccc(O)c1)c1ccncc1C. The van der Waals surface area contributed by atoms with E-state index in [4.69, 9.17) is 0 Å². The van der Waals surface area contributed by atoms with Crippen molar-refractivity contribution in [1.82, 2.24) is 10.3 Å². The summed E-state index contributed by atoms with van der Waals surface area (Å²) < 4.78 is 0. The second kappa shape index (κ2) is 6.34. The van der Waals surface area contributed by atoms with Crippen LogP contribution in [-0.4, -0.2) is 16.6 Å². The number of rotatable bonds is 5. The normalized spacial score (nSPS) is 12.3. The molecule has 0 aliphatic carbocycles. The van der Waals surface area contributed by atoms with E-state index in [1.165, 1.54) is 11.1 Å². The van der Waals surface area contributed by atoms with Crippen LogP contribution in [0.1, 0.15) is 29.7 Å². The van der Waals surface area contributed by atoms with Gasteiger partial charge in [-0.05, 0) is 54.8 Å². The summed E-state index contributed by atoms with van der Waals surface area (Å²) in [5, 5.41) is 13.0. The molecule has 0 saturated carbocycles. The molecule has 19 heavy (non-hydrogen) atoms. The molecule has 2 rings (SSSR count). The van der Waals surface area contributed by atoms with Crippen LogP contribution in [0.25, 0.3) is 0 Å². The minimum atomic E-state index is 0.245. The van der Waals surface area contributed by atoms with Gasteiger partial charge in [0.25, 0.3) is 0 Å². The Kier molecular flexibility index (Phi) is 4.53. The number of aromatic hydroxyl groups is 1. The zero-order valence-electron chi connectivity index (χ0n) is 11.4. The Bertz CT molecular complexity index is 540. The summed E-state index contributed by atoms with van der Waals surface area (Å²) >= 11 is 0. The summed E-state index contributed by atoms with van der Waals surface area (Å²) in [5.74, 6) is 0.319. The third kappa shape index (κ3) is 3.55. The molecule has 0 fully saturated rings. The first-order chi connectivity index (χ1) is 9.20. The van der Waals surface area contributed by atoms with Crippen molar-refractivity contribution in [3.63, 3.8) is 0 Å².